The van der Waals surface area contributed by atoms with E-state index in [-0.39, 0.29) is 5.91 Å². The van der Waals surface area contributed by atoms with Crippen molar-refractivity contribution in [3.63, 3.8) is 0 Å². The van der Waals surface area contributed by atoms with Crippen molar-refractivity contribution in [2.75, 3.05) is 13.2 Å². The van der Waals surface area contributed by atoms with Crippen LogP contribution in [0.2, 0.25) is 0 Å². The van der Waals surface area contributed by atoms with Crippen LogP contribution >= 0.6 is 0 Å². The summed E-state index contributed by atoms with van der Waals surface area (Å²) in [6, 6.07) is 0. The Morgan fingerprint density at radius 3 is 2.33 bits per heavy atom. The minimum atomic E-state index is -0.275. The van der Waals surface area contributed by atoms with Gasteiger partial charge in [0.1, 0.15) is 0 Å². The van der Waals surface area contributed by atoms with Gasteiger partial charge in [-0.15, -0.1) is 0 Å². The Kier molecular flexibility index (Phi) is 12.5. The number of carbonyl (C=O) groups excluding carboxylic acids is 1. The van der Waals surface area contributed by atoms with Gasteiger partial charge in [0.05, 0.1) is 6.61 Å². The van der Waals surface area contributed by atoms with Crippen LogP contribution in [-0.2, 0) is 9.53 Å². The molecule has 1 amide bonds. The van der Waals surface area contributed by atoms with Gasteiger partial charge in [-0.1, -0.05) is 52.4 Å². The standard InChI is InChI=1S/C15H31NO2/c1-3-5-7-8-10-14(9-6-4-2)13-18-12-11-15(16)17/h14H,3-13H2,1-2H3,(H2,16,17). The fraction of sp³-hybridized carbons (Fsp3) is 0.933. The largest absolute Gasteiger partial charge is 0.381 e. The molecule has 0 aromatic heterocycles. The zero-order chi connectivity index (χ0) is 13.6. The molecule has 0 rings (SSSR count). The minimum absolute atomic E-state index is 0.275. The summed E-state index contributed by atoms with van der Waals surface area (Å²) in [7, 11) is 0. The van der Waals surface area contributed by atoms with E-state index in [1.165, 1.54) is 51.4 Å². The van der Waals surface area contributed by atoms with E-state index in [9.17, 15) is 4.79 Å². The second kappa shape index (κ2) is 12.9. The average molecular weight is 257 g/mol. The molecule has 1 atom stereocenters. The highest BCUT2D eigenvalue weighted by Gasteiger charge is 2.08. The molecule has 18 heavy (non-hydrogen) atoms. The summed E-state index contributed by atoms with van der Waals surface area (Å²) in [4.78, 5) is 10.6. The summed E-state index contributed by atoms with van der Waals surface area (Å²) in [5.41, 5.74) is 5.08. The molecule has 0 heterocycles. The fourth-order valence-corrected chi connectivity index (χ4v) is 2.09. The van der Waals surface area contributed by atoms with Crippen molar-refractivity contribution >= 4 is 5.91 Å². The lowest BCUT2D eigenvalue weighted by atomic mass is 9.96. The Balaban J connectivity index is 3.65. The van der Waals surface area contributed by atoms with Crippen LogP contribution in [0.4, 0.5) is 0 Å². The quantitative estimate of drug-likeness (QED) is 0.512. The topological polar surface area (TPSA) is 52.3 Å². The normalized spacial score (nSPS) is 12.6. The van der Waals surface area contributed by atoms with Gasteiger partial charge >= 0.3 is 0 Å². The lowest BCUT2D eigenvalue weighted by Gasteiger charge is -2.16. The number of hydrogen-bond acceptors (Lipinski definition) is 2. The molecular formula is C15H31NO2. The summed E-state index contributed by atoms with van der Waals surface area (Å²) in [6.07, 6.45) is 10.6. The first-order valence-corrected chi connectivity index (χ1v) is 7.56. The Morgan fingerprint density at radius 2 is 1.72 bits per heavy atom. The Labute approximate surface area is 112 Å². The summed E-state index contributed by atoms with van der Waals surface area (Å²) < 4.78 is 5.56. The van der Waals surface area contributed by atoms with Crippen LogP contribution < -0.4 is 5.73 Å². The molecule has 0 bridgehead atoms. The average Bonchev–Trinajstić information content (AvgIpc) is 2.35. The molecule has 3 heteroatoms. The minimum Gasteiger partial charge on any atom is -0.381 e. The van der Waals surface area contributed by atoms with Crippen molar-refractivity contribution in [3.05, 3.63) is 0 Å². The number of rotatable bonds is 13. The van der Waals surface area contributed by atoms with Crippen LogP contribution in [0.15, 0.2) is 0 Å². The van der Waals surface area contributed by atoms with Crippen LogP contribution in [0.25, 0.3) is 0 Å². The number of amides is 1. The van der Waals surface area contributed by atoms with Crippen molar-refractivity contribution in [3.8, 4) is 0 Å². The van der Waals surface area contributed by atoms with Crippen molar-refractivity contribution in [2.24, 2.45) is 11.7 Å². The van der Waals surface area contributed by atoms with Gasteiger partial charge in [-0.2, -0.15) is 0 Å². The second-order valence-corrected chi connectivity index (χ2v) is 5.15. The Hall–Kier alpha value is -0.570. The zero-order valence-corrected chi connectivity index (χ0v) is 12.2. The molecule has 0 radical (unpaired) electrons. The molecule has 0 aromatic rings. The van der Waals surface area contributed by atoms with Crippen LogP contribution in [-0.4, -0.2) is 19.1 Å². The second-order valence-electron chi connectivity index (χ2n) is 5.15. The van der Waals surface area contributed by atoms with Crippen LogP contribution in [0.1, 0.15) is 71.6 Å². The Morgan fingerprint density at radius 1 is 1.06 bits per heavy atom. The maximum absolute atomic E-state index is 10.6. The van der Waals surface area contributed by atoms with Crippen molar-refractivity contribution in [2.45, 2.75) is 71.6 Å². The first kappa shape index (κ1) is 17.4. The third-order valence-corrected chi connectivity index (χ3v) is 3.28. The highest BCUT2D eigenvalue weighted by atomic mass is 16.5. The van der Waals surface area contributed by atoms with Gasteiger partial charge < -0.3 is 10.5 Å². The molecule has 1 unspecified atom stereocenters. The third kappa shape index (κ3) is 11.9. The lowest BCUT2D eigenvalue weighted by Crippen LogP contribution is -2.16. The first-order chi connectivity index (χ1) is 8.70. The van der Waals surface area contributed by atoms with Gasteiger partial charge in [0.2, 0.25) is 5.91 Å². The molecule has 108 valence electrons. The zero-order valence-electron chi connectivity index (χ0n) is 12.2. The van der Waals surface area contributed by atoms with E-state index in [0.29, 0.717) is 18.9 Å². The molecule has 0 fully saturated rings. The van der Waals surface area contributed by atoms with E-state index >= 15 is 0 Å². The van der Waals surface area contributed by atoms with Gasteiger partial charge in [-0.3, -0.25) is 4.79 Å². The van der Waals surface area contributed by atoms with Crippen LogP contribution in [0.5, 0.6) is 0 Å². The molecule has 0 aromatic carbocycles. The molecule has 0 aliphatic carbocycles. The monoisotopic (exact) mass is 257 g/mol. The SMILES string of the molecule is CCCCCCC(CCCC)COCCC(N)=O. The van der Waals surface area contributed by atoms with Gasteiger partial charge in [0.25, 0.3) is 0 Å². The molecule has 0 aliphatic rings. The molecular weight excluding hydrogens is 226 g/mol. The van der Waals surface area contributed by atoms with E-state index in [1.54, 1.807) is 0 Å². The number of ether oxygens (including phenoxy) is 1. The molecule has 0 aliphatic heterocycles. The molecule has 2 N–H and O–H groups in total. The van der Waals surface area contributed by atoms with Crippen LogP contribution in [0, 0.1) is 5.92 Å². The van der Waals surface area contributed by atoms with Gasteiger partial charge in [0.15, 0.2) is 0 Å². The highest BCUT2D eigenvalue weighted by Crippen LogP contribution is 2.17. The fourth-order valence-electron chi connectivity index (χ4n) is 2.09. The maximum atomic E-state index is 10.6. The predicted octanol–water partition coefficient (Wildman–Crippen LogP) is 3.66. The maximum Gasteiger partial charge on any atom is 0.219 e. The van der Waals surface area contributed by atoms with Gasteiger partial charge in [-0.05, 0) is 18.8 Å². The van der Waals surface area contributed by atoms with E-state index in [0.717, 1.165) is 6.61 Å². The van der Waals surface area contributed by atoms with Crippen molar-refractivity contribution in [1.29, 1.82) is 0 Å². The van der Waals surface area contributed by atoms with Gasteiger partial charge in [0, 0.05) is 13.0 Å². The van der Waals surface area contributed by atoms with Crippen LogP contribution in [0.3, 0.4) is 0 Å². The van der Waals surface area contributed by atoms with Crippen molar-refractivity contribution < 1.29 is 9.53 Å². The number of carbonyl (C=O) groups is 1. The summed E-state index contributed by atoms with van der Waals surface area (Å²) in [5, 5.41) is 0. The van der Waals surface area contributed by atoms with E-state index < -0.39 is 0 Å². The summed E-state index contributed by atoms with van der Waals surface area (Å²) in [5.74, 6) is 0.387. The number of hydrogen-bond donors (Lipinski definition) is 1. The first-order valence-electron chi connectivity index (χ1n) is 7.56. The predicted molar refractivity (Wildman–Crippen MR) is 76.4 cm³/mol. The third-order valence-electron chi connectivity index (χ3n) is 3.28. The number of primary amides is 1. The van der Waals surface area contributed by atoms with Crippen molar-refractivity contribution in [1.82, 2.24) is 0 Å². The summed E-state index contributed by atoms with van der Waals surface area (Å²) >= 11 is 0. The highest BCUT2D eigenvalue weighted by molar-refractivity contribution is 5.73. The molecule has 0 saturated carbocycles. The summed E-state index contributed by atoms with van der Waals surface area (Å²) in [6.45, 7) is 5.73. The molecule has 3 nitrogen and oxygen atoms in total. The lowest BCUT2D eigenvalue weighted by molar-refractivity contribution is -0.119. The van der Waals surface area contributed by atoms with E-state index in [4.69, 9.17) is 10.5 Å². The van der Waals surface area contributed by atoms with E-state index in [2.05, 4.69) is 13.8 Å². The van der Waals surface area contributed by atoms with E-state index in [1.807, 2.05) is 0 Å². The number of nitrogens with two attached hydrogens (primary N) is 1. The smallest absolute Gasteiger partial charge is 0.219 e. The van der Waals surface area contributed by atoms with Gasteiger partial charge in [-0.25, -0.2) is 0 Å². The Bertz CT molecular complexity index is 195. The molecule has 0 saturated heterocycles. The number of unbranched alkanes of at least 4 members (excludes halogenated alkanes) is 4. The molecule has 0 spiro atoms.